The van der Waals surface area contributed by atoms with Crippen LogP contribution in [0.2, 0.25) is 0 Å². The van der Waals surface area contributed by atoms with Crippen LogP contribution in [0.15, 0.2) is 24.0 Å². The van der Waals surface area contributed by atoms with Crippen molar-refractivity contribution in [1.29, 1.82) is 0 Å². The topological polar surface area (TPSA) is 64.1 Å². The van der Waals surface area contributed by atoms with Crippen LogP contribution in [-0.2, 0) is 11.3 Å². The zero-order valence-electron chi connectivity index (χ0n) is 10.0. The van der Waals surface area contributed by atoms with Crippen molar-refractivity contribution in [3.63, 3.8) is 0 Å². The number of nitrogen functional groups attached to an aromatic ring is 1. The summed E-state index contributed by atoms with van der Waals surface area (Å²) in [5.74, 6) is -0.277. The SMILES string of the molecule is Nc1cnn(CC(=O)N2CC=C(C(F)(F)F)CC2)c1. The van der Waals surface area contributed by atoms with Crippen LogP contribution in [0.5, 0.6) is 0 Å². The lowest BCUT2D eigenvalue weighted by molar-refractivity contribution is -0.133. The number of anilines is 1. The third kappa shape index (κ3) is 3.27. The van der Waals surface area contributed by atoms with Crippen LogP contribution in [0.1, 0.15) is 6.42 Å². The van der Waals surface area contributed by atoms with Gasteiger partial charge < -0.3 is 10.6 Å². The number of alkyl halides is 3. The van der Waals surface area contributed by atoms with Crippen molar-refractivity contribution in [1.82, 2.24) is 14.7 Å². The van der Waals surface area contributed by atoms with E-state index in [1.165, 1.54) is 22.0 Å². The molecular weight excluding hydrogens is 261 g/mol. The van der Waals surface area contributed by atoms with Gasteiger partial charge in [-0.25, -0.2) is 0 Å². The van der Waals surface area contributed by atoms with E-state index in [1.54, 1.807) is 0 Å². The zero-order chi connectivity index (χ0) is 14.0. The highest BCUT2D eigenvalue weighted by Crippen LogP contribution is 2.30. The third-order valence-electron chi connectivity index (χ3n) is 2.88. The number of nitrogens with zero attached hydrogens (tertiary/aromatic N) is 3. The first kappa shape index (κ1) is 13.4. The Bertz CT molecular complexity index is 506. The summed E-state index contributed by atoms with van der Waals surface area (Å²) in [7, 11) is 0. The normalized spacial score (nSPS) is 16.4. The molecule has 0 aromatic carbocycles. The molecule has 5 nitrogen and oxygen atoms in total. The van der Waals surface area contributed by atoms with Gasteiger partial charge in [-0.05, 0) is 6.42 Å². The van der Waals surface area contributed by atoms with Gasteiger partial charge in [0.1, 0.15) is 6.54 Å². The van der Waals surface area contributed by atoms with Crippen molar-refractivity contribution in [2.75, 3.05) is 18.8 Å². The number of hydrogen-bond donors (Lipinski definition) is 1. The lowest BCUT2D eigenvalue weighted by Gasteiger charge is -2.27. The number of halogens is 3. The van der Waals surface area contributed by atoms with E-state index in [0.29, 0.717) is 5.69 Å². The molecule has 0 saturated heterocycles. The lowest BCUT2D eigenvalue weighted by atomic mass is 10.1. The van der Waals surface area contributed by atoms with Gasteiger partial charge in [0, 0.05) is 24.9 Å². The molecule has 0 bridgehead atoms. The molecule has 1 aromatic heterocycles. The standard InChI is InChI=1S/C11H13F3N4O/c12-11(13,14)8-1-3-17(4-2-8)10(19)7-18-6-9(15)5-16-18/h1,5-6H,2-4,7,15H2. The minimum absolute atomic E-state index is 0.0214. The predicted octanol–water partition coefficient (Wildman–Crippen LogP) is 1.19. The van der Waals surface area contributed by atoms with Crippen molar-refractivity contribution >= 4 is 11.6 Å². The highest BCUT2D eigenvalue weighted by atomic mass is 19.4. The second kappa shape index (κ2) is 4.94. The third-order valence-corrected chi connectivity index (χ3v) is 2.88. The van der Waals surface area contributed by atoms with E-state index in [2.05, 4.69) is 5.10 Å². The Morgan fingerprint density at radius 2 is 2.21 bits per heavy atom. The van der Waals surface area contributed by atoms with Gasteiger partial charge in [-0.3, -0.25) is 9.48 Å². The van der Waals surface area contributed by atoms with E-state index in [-0.39, 0.29) is 32.0 Å². The summed E-state index contributed by atoms with van der Waals surface area (Å²) in [5.41, 5.74) is 5.32. The molecule has 104 valence electrons. The first-order chi connectivity index (χ1) is 8.86. The monoisotopic (exact) mass is 274 g/mol. The second-order valence-corrected chi connectivity index (χ2v) is 4.29. The molecule has 1 aromatic rings. The quantitative estimate of drug-likeness (QED) is 0.824. The van der Waals surface area contributed by atoms with Crippen molar-refractivity contribution in [2.45, 2.75) is 19.1 Å². The molecule has 0 atom stereocenters. The molecule has 1 aliphatic heterocycles. The summed E-state index contributed by atoms with van der Waals surface area (Å²) in [5, 5.41) is 3.85. The summed E-state index contributed by atoms with van der Waals surface area (Å²) in [6.07, 6.45) is -0.509. The Morgan fingerprint density at radius 1 is 1.47 bits per heavy atom. The second-order valence-electron chi connectivity index (χ2n) is 4.29. The maximum atomic E-state index is 12.4. The first-order valence-electron chi connectivity index (χ1n) is 5.68. The fourth-order valence-corrected chi connectivity index (χ4v) is 1.86. The van der Waals surface area contributed by atoms with Crippen LogP contribution < -0.4 is 5.73 Å². The maximum absolute atomic E-state index is 12.4. The Labute approximate surface area is 107 Å². The summed E-state index contributed by atoms with van der Waals surface area (Å²) < 4.78 is 38.6. The van der Waals surface area contributed by atoms with Gasteiger partial charge in [0.25, 0.3) is 0 Å². The molecule has 8 heteroatoms. The predicted molar refractivity (Wildman–Crippen MR) is 62.0 cm³/mol. The minimum Gasteiger partial charge on any atom is -0.396 e. The molecule has 0 aliphatic carbocycles. The summed E-state index contributed by atoms with van der Waals surface area (Å²) in [4.78, 5) is 13.2. The number of hydrogen-bond acceptors (Lipinski definition) is 3. The molecule has 2 rings (SSSR count). The summed E-state index contributed by atoms with van der Waals surface area (Å²) >= 11 is 0. The molecule has 0 spiro atoms. The fraction of sp³-hybridized carbons (Fsp3) is 0.455. The molecule has 0 saturated carbocycles. The molecular formula is C11H13F3N4O. The number of rotatable bonds is 2. The van der Waals surface area contributed by atoms with Crippen molar-refractivity contribution in [2.24, 2.45) is 0 Å². The van der Waals surface area contributed by atoms with Crippen LogP contribution in [0.4, 0.5) is 18.9 Å². The summed E-state index contributed by atoms with van der Waals surface area (Å²) in [6.45, 7) is 0.0255. The largest absolute Gasteiger partial charge is 0.412 e. The van der Waals surface area contributed by atoms with E-state index >= 15 is 0 Å². The lowest BCUT2D eigenvalue weighted by Crippen LogP contribution is -2.38. The highest BCUT2D eigenvalue weighted by Gasteiger charge is 2.35. The molecule has 0 fully saturated rings. The van der Waals surface area contributed by atoms with E-state index in [4.69, 9.17) is 5.73 Å². The zero-order valence-corrected chi connectivity index (χ0v) is 10.0. The van der Waals surface area contributed by atoms with E-state index < -0.39 is 11.7 Å². The van der Waals surface area contributed by atoms with Crippen molar-refractivity contribution < 1.29 is 18.0 Å². The van der Waals surface area contributed by atoms with Crippen LogP contribution in [0.25, 0.3) is 0 Å². The van der Waals surface area contributed by atoms with E-state index in [1.807, 2.05) is 0 Å². The molecule has 2 N–H and O–H groups in total. The maximum Gasteiger partial charge on any atom is 0.412 e. The first-order valence-corrected chi connectivity index (χ1v) is 5.68. The fourth-order valence-electron chi connectivity index (χ4n) is 1.86. The van der Waals surface area contributed by atoms with Gasteiger partial charge in [0.2, 0.25) is 5.91 Å². The molecule has 0 unspecified atom stereocenters. The number of nitrogens with two attached hydrogens (primary N) is 1. The molecule has 0 radical (unpaired) electrons. The van der Waals surface area contributed by atoms with Crippen LogP contribution >= 0.6 is 0 Å². The van der Waals surface area contributed by atoms with Gasteiger partial charge >= 0.3 is 6.18 Å². The van der Waals surface area contributed by atoms with Crippen LogP contribution in [0, 0.1) is 0 Å². The van der Waals surface area contributed by atoms with Crippen molar-refractivity contribution in [3.8, 4) is 0 Å². The van der Waals surface area contributed by atoms with Gasteiger partial charge in [-0.2, -0.15) is 18.3 Å². The molecule has 1 aliphatic rings. The Balaban J connectivity index is 1.94. The Hall–Kier alpha value is -1.99. The number of amides is 1. The van der Waals surface area contributed by atoms with Crippen molar-refractivity contribution in [3.05, 3.63) is 24.0 Å². The molecule has 2 heterocycles. The van der Waals surface area contributed by atoms with Gasteiger partial charge in [-0.15, -0.1) is 0 Å². The number of carbonyl (C=O) groups excluding carboxylic acids is 1. The average molecular weight is 274 g/mol. The smallest absolute Gasteiger partial charge is 0.396 e. The van der Waals surface area contributed by atoms with Crippen LogP contribution in [0.3, 0.4) is 0 Å². The van der Waals surface area contributed by atoms with E-state index in [9.17, 15) is 18.0 Å². The molecule has 19 heavy (non-hydrogen) atoms. The molecule has 1 amide bonds. The number of aromatic nitrogens is 2. The van der Waals surface area contributed by atoms with Gasteiger partial charge in [0.15, 0.2) is 0 Å². The number of carbonyl (C=O) groups is 1. The highest BCUT2D eigenvalue weighted by molar-refractivity contribution is 5.76. The Morgan fingerprint density at radius 3 is 2.68 bits per heavy atom. The van der Waals surface area contributed by atoms with Gasteiger partial charge in [-0.1, -0.05) is 6.08 Å². The Kier molecular flexibility index (Phi) is 3.50. The minimum atomic E-state index is -4.30. The van der Waals surface area contributed by atoms with E-state index in [0.717, 1.165) is 6.08 Å². The average Bonchev–Trinajstić information content (AvgIpc) is 2.74. The summed E-state index contributed by atoms with van der Waals surface area (Å²) in [6, 6.07) is 0. The van der Waals surface area contributed by atoms with Gasteiger partial charge in [0.05, 0.1) is 11.9 Å². The van der Waals surface area contributed by atoms with Crippen LogP contribution in [-0.4, -0.2) is 39.9 Å².